The molecular weight excluding hydrogens is 330 g/mol. The van der Waals surface area contributed by atoms with E-state index in [1.807, 2.05) is 23.2 Å². The maximum absolute atomic E-state index is 12.1. The van der Waals surface area contributed by atoms with E-state index >= 15 is 0 Å². The fourth-order valence-corrected chi connectivity index (χ4v) is 3.73. The van der Waals surface area contributed by atoms with Crippen LogP contribution >= 0.6 is 0 Å². The van der Waals surface area contributed by atoms with Gasteiger partial charge in [0.1, 0.15) is 5.75 Å². The van der Waals surface area contributed by atoms with E-state index in [4.69, 9.17) is 4.74 Å². The number of amides is 1. The number of ether oxygens (including phenoxy) is 1. The lowest BCUT2D eigenvalue weighted by molar-refractivity contribution is -0.117. The first kappa shape index (κ1) is 18.5. The maximum atomic E-state index is 12.1. The normalized spacial score (nSPS) is 17.2. The summed E-state index contributed by atoms with van der Waals surface area (Å²) in [5.41, 5.74) is 3.05. The topological polar surface area (TPSA) is 67.6 Å². The summed E-state index contributed by atoms with van der Waals surface area (Å²) in [6.45, 7) is 7.60. The summed E-state index contributed by atoms with van der Waals surface area (Å²) < 4.78 is 7.48. The molecule has 1 aromatic heterocycles. The van der Waals surface area contributed by atoms with Gasteiger partial charge in [0, 0.05) is 35.9 Å². The molecule has 3 rings (SSSR count). The lowest BCUT2D eigenvalue weighted by atomic mass is 9.92. The summed E-state index contributed by atoms with van der Waals surface area (Å²) in [7, 11) is 1.66. The molecule has 0 aliphatic carbocycles. The van der Waals surface area contributed by atoms with E-state index in [0.717, 1.165) is 41.0 Å². The molecule has 2 heterocycles. The smallest absolute Gasteiger partial charge is 0.224 e. The largest absolute Gasteiger partial charge is 0.496 e. The van der Waals surface area contributed by atoms with Crippen molar-refractivity contribution in [1.82, 2.24) is 9.78 Å². The Labute approximate surface area is 154 Å². The number of rotatable bonds is 4. The number of hydrogen-bond acceptors (Lipinski definition) is 4. The number of aromatic nitrogens is 2. The van der Waals surface area contributed by atoms with Gasteiger partial charge < -0.3 is 14.7 Å². The molecule has 1 N–H and O–H groups in total. The van der Waals surface area contributed by atoms with Crippen molar-refractivity contribution in [1.29, 1.82) is 0 Å². The van der Waals surface area contributed by atoms with Crippen molar-refractivity contribution in [2.24, 2.45) is 0 Å². The molecule has 0 radical (unpaired) electrons. The van der Waals surface area contributed by atoms with Crippen molar-refractivity contribution in [2.75, 3.05) is 12.0 Å². The fourth-order valence-electron chi connectivity index (χ4n) is 3.73. The van der Waals surface area contributed by atoms with Gasteiger partial charge in [-0.15, -0.1) is 0 Å². The highest BCUT2D eigenvalue weighted by molar-refractivity contribution is 5.95. The summed E-state index contributed by atoms with van der Waals surface area (Å²) in [6, 6.07) is 4.17. The summed E-state index contributed by atoms with van der Waals surface area (Å²) in [5, 5.41) is 14.3. The molecule has 1 aromatic carbocycles. The van der Waals surface area contributed by atoms with Crippen LogP contribution in [0.3, 0.4) is 0 Å². The Morgan fingerprint density at radius 2 is 2.15 bits per heavy atom. The van der Waals surface area contributed by atoms with E-state index in [1.54, 1.807) is 38.8 Å². The number of carbonyl (C=O) groups is 1. The number of anilines is 1. The highest BCUT2D eigenvalue weighted by atomic mass is 16.5. The monoisotopic (exact) mass is 357 g/mol. The van der Waals surface area contributed by atoms with Crippen molar-refractivity contribution in [2.45, 2.75) is 58.7 Å². The zero-order valence-electron chi connectivity index (χ0n) is 16.1. The summed E-state index contributed by atoms with van der Waals surface area (Å²) in [6.07, 6.45) is 5.47. The van der Waals surface area contributed by atoms with E-state index in [0.29, 0.717) is 6.54 Å². The molecule has 140 valence electrons. The average Bonchev–Trinajstić information content (AvgIpc) is 2.99. The van der Waals surface area contributed by atoms with Crippen LogP contribution in [0.1, 0.15) is 39.7 Å². The molecule has 0 bridgehead atoms. The minimum absolute atomic E-state index is 0.0475. The van der Waals surface area contributed by atoms with Crippen LogP contribution in [-0.4, -0.2) is 39.5 Å². The molecule has 2 aromatic rings. The third-order valence-electron chi connectivity index (χ3n) is 4.78. The Morgan fingerprint density at radius 3 is 2.77 bits per heavy atom. The first-order valence-corrected chi connectivity index (χ1v) is 8.96. The highest BCUT2D eigenvalue weighted by Gasteiger charge is 2.29. The number of fused-ring (bicyclic) bond motifs is 1. The molecule has 26 heavy (non-hydrogen) atoms. The van der Waals surface area contributed by atoms with Gasteiger partial charge in [0.25, 0.3) is 0 Å². The van der Waals surface area contributed by atoms with Gasteiger partial charge in [-0.2, -0.15) is 5.10 Å². The van der Waals surface area contributed by atoms with Crippen LogP contribution in [0.25, 0.3) is 11.1 Å². The first-order chi connectivity index (χ1) is 12.2. The van der Waals surface area contributed by atoms with Crippen LogP contribution in [0.15, 0.2) is 24.5 Å². The maximum Gasteiger partial charge on any atom is 0.224 e. The molecule has 0 spiro atoms. The molecule has 0 saturated heterocycles. The summed E-state index contributed by atoms with van der Waals surface area (Å²) >= 11 is 0. The lowest BCUT2D eigenvalue weighted by Crippen LogP contribution is -2.40. The van der Waals surface area contributed by atoms with E-state index in [1.165, 1.54) is 0 Å². The second-order valence-corrected chi connectivity index (χ2v) is 7.66. The summed E-state index contributed by atoms with van der Waals surface area (Å²) in [5.74, 6) is 0.842. The second kappa shape index (κ2) is 6.76. The minimum atomic E-state index is -0.832. The molecule has 0 saturated carbocycles. The van der Waals surface area contributed by atoms with Crippen LogP contribution in [0.4, 0.5) is 5.69 Å². The zero-order valence-corrected chi connectivity index (χ0v) is 16.1. The van der Waals surface area contributed by atoms with E-state index in [9.17, 15) is 9.90 Å². The average molecular weight is 357 g/mol. The van der Waals surface area contributed by atoms with Crippen LogP contribution in [-0.2, 0) is 17.8 Å². The Hall–Kier alpha value is -2.34. The predicted octanol–water partition coefficient (Wildman–Crippen LogP) is 3.02. The van der Waals surface area contributed by atoms with Crippen LogP contribution in [0.2, 0.25) is 0 Å². The molecule has 6 nitrogen and oxygen atoms in total. The predicted molar refractivity (Wildman–Crippen MR) is 101 cm³/mol. The number of nitrogens with zero attached hydrogens (tertiary/aromatic N) is 3. The summed E-state index contributed by atoms with van der Waals surface area (Å²) in [4.78, 5) is 14.0. The Balaban J connectivity index is 2.04. The molecule has 1 atom stereocenters. The molecule has 1 amide bonds. The number of methoxy groups -OCH3 is 1. The quantitative estimate of drug-likeness (QED) is 0.913. The van der Waals surface area contributed by atoms with E-state index in [2.05, 4.69) is 12.0 Å². The zero-order chi connectivity index (χ0) is 19.1. The van der Waals surface area contributed by atoms with Crippen LogP contribution in [0, 0.1) is 0 Å². The van der Waals surface area contributed by atoms with Crippen molar-refractivity contribution >= 4 is 11.6 Å². The molecule has 0 unspecified atom stereocenters. The van der Waals surface area contributed by atoms with Crippen molar-refractivity contribution in [3.05, 3.63) is 30.1 Å². The number of benzene rings is 1. The Bertz CT molecular complexity index is 820. The van der Waals surface area contributed by atoms with E-state index in [-0.39, 0.29) is 11.9 Å². The Morgan fingerprint density at radius 1 is 1.42 bits per heavy atom. The first-order valence-electron chi connectivity index (χ1n) is 8.96. The standard InChI is InChI=1S/C20H27N3O3/c1-13-6-7-17-18(23(13)14(2)24)9-8-16(19(17)26-5)15-10-21-22(11-15)12-20(3,4)25/h8-11,13,25H,6-7,12H2,1-5H3/t13-/m0/s1. The van der Waals surface area contributed by atoms with Crippen molar-refractivity contribution in [3.63, 3.8) is 0 Å². The highest BCUT2D eigenvalue weighted by Crippen LogP contribution is 2.42. The van der Waals surface area contributed by atoms with Gasteiger partial charge in [0.05, 0.1) is 31.1 Å². The van der Waals surface area contributed by atoms with Gasteiger partial charge >= 0.3 is 0 Å². The molecule has 1 aliphatic rings. The van der Waals surface area contributed by atoms with Gasteiger partial charge in [-0.25, -0.2) is 0 Å². The van der Waals surface area contributed by atoms with Gasteiger partial charge in [0.2, 0.25) is 5.91 Å². The van der Waals surface area contributed by atoms with Crippen molar-refractivity contribution in [3.8, 4) is 16.9 Å². The van der Waals surface area contributed by atoms with Gasteiger partial charge in [-0.1, -0.05) is 0 Å². The van der Waals surface area contributed by atoms with Gasteiger partial charge in [0.15, 0.2) is 0 Å². The molecule has 0 fully saturated rings. The lowest BCUT2D eigenvalue weighted by Gasteiger charge is -2.35. The van der Waals surface area contributed by atoms with Crippen LogP contribution in [0.5, 0.6) is 5.75 Å². The Kier molecular flexibility index (Phi) is 4.80. The number of carbonyl (C=O) groups excluding carboxylic acids is 1. The number of aliphatic hydroxyl groups is 1. The molecule has 6 heteroatoms. The van der Waals surface area contributed by atoms with Crippen LogP contribution < -0.4 is 9.64 Å². The SMILES string of the molecule is COc1c(-c2cnn(CC(C)(C)O)c2)ccc2c1CC[C@H](C)N2C(C)=O. The van der Waals surface area contributed by atoms with E-state index < -0.39 is 5.60 Å². The third-order valence-corrected chi connectivity index (χ3v) is 4.78. The number of hydrogen-bond donors (Lipinski definition) is 1. The third kappa shape index (κ3) is 3.46. The van der Waals surface area contributed by atoms with Gasteiger partial charge in [-0.3, -0.25) is 9.48 Å². The second-order valence-electron chi connectivity index (χ2n) is 7.66. The fraction of sp³-hybridized carbons (Fsp3) is 0.500. The van der Waals surface area contributed by atoms with Crippen molar-refractivity contribution < 1.29 is 14.6 Å². The molecular formula is C20H27N3O3. The van der Waals surface area contributed by atoms with Gasteiger partial charge in [-0.05, 0) is 45.7 Å². The molecule has 1 aliphatic heterocycles. The minimum Gasteiger partial charge on any atom is -0.496 e.